The lowest BCUT2D eigenvalue weighted by Crippen LogP contribution is -2.29. The lowest BCUT2D eigenvalue weighted by Gasteiger charge is -2.14. The zero-order valence-corrected chi connectivity index (χ0v) is 17.8. The van der Waals surface area contributed by atoms with E-state index >= 15 is 0 Å². The van der Waals surface area contributed by atoms with Crippen molar-refractivity contribution in [1.82, 2.24) is 9.97 Å². The largest absolute Gasteiger partial charge is 0.395 e. The van der Waals surface area contributed by atoms with E-state index in [0.29, 0.717) is 18.2 Å². The molecule has 0 radical (unpaired) electrons. The number of halogens is 1. The first-order valence-electron chi connectivity index (χ1n) is 10.9. The molecule has 0 bridgehead atoms. The highest BCUT2D eigenvalue weighted by molar-refractivity contribution is 6.33. The van der Waals surface area contributed by atoms with E-state index in [-0.39, 0.29) is 30.1 Å². The number of pyridine rings is 1. The number of benzene rings is 1. The molecular weight excluding hydrogens is 416 g/mol. The summed E-state index contributed by atoms with van der Waals surface area (Å²) in [6, 6.07) is 12.2. The van der Waals surface area contributed by atoms with Gasteiger partial charge in [-0.1, -0.05) is 35.9 Å². The number of aliphatic hydroxyl groups is 2. The predicted molar refractivity (Wildman–Crippen MR) is 117 cm³/mol. The second-order valence-corrected chi connectivity index (χ2v) is 9.60. The maximum Gasteiger partial charge on any atom is 0.112 e. The van der Waals surface area contributed by atoms with E-state index in [9.17, 15) is 10.2 Å². The topological polar surface area (TPSA) is 87.6 Å². The van der Waals surface area contributed by atoms with Gasteiger partial charge in [0.15, 0.2) is 0 Å². The highest BCUT2D eigenvalue weighted by Gasteiger charge is 2.47. The SMILES string of the molecule is OCC1(c2ccc(-c3nc4cc(CC5CO[C@@H]6C(O)CO[C@H]56)[nH]c4cc3Cl)cc2)CC1. The number of hydrogen-bond acceptors (Lipinski definition) is 5. The van der Waals surface area contributed by atoms with E-state index in [0.717, 1.165) is 47.2 Å². The van der Waals surface area contributed by atoms with Gasteiger partial charge in [-0.3, -0.25) is 0 Å². The van der Waals surface area contributed by atoms with E-state index in [1.54, 1.807) is 0 Å². The Labute approximate surface area is 185 Å². The van der Waals surface area contributed by atoms with Gasteiger partial charge in [0.25, 0.3) is 0 Å². The molecule has 2 aliphatic heterocycles. The molecule has 6 nitrogen and oxygen atoms in total. The number of nitrogens with one attached hydrogen (secondary N) is 1. The molecule has 2 aromatic heterocycles. The van der Waals surface area contributed by atoms with Crippen molar-refractivity contribution < 1.29 is 19.7 Å². The van der Waals surface area contributed by atoms with Crippen LogP contribution < -0.4 is 0 Å². The zero-order valence-electron chi connectivity index (χ0n) is 17.1. The van der Waals surface area contributed by atoms with Crippen LogP contribution in [0.5, 0.6) is 0 Å². The summed E-state index contributed by atoms with van der Waals surface area (Å²) in [5, 5.41) is 20.2. The number of H-pyrrole nitrogens is 1. The Hall–Kier alpha value is -1.96. The average molecular weight is 441 g/mol. The summed E-state index contributed by atoms with van der Waals surface area (Å²) in [6.45, 7) is 1.13. The van der Waals surface area contributed by atoms with Crippen molar-refractivity contribution in [2.24, 2.45) is 5.92 Å². The van der Waals surface area contributed by atoms with Gasteiger partial charge in [-0.15, -0.1) is 0 Å². The summed E-state index contributed by atoms with van der Waals surface area (Å²) in [7, 11) is 0. The van der Waals surface area contributed by atoms with Crippen LogP contribution in [0.15, 0.2) is 36.4 Å². The van der Waals surface area contributed by atoms with Crippen molar-refractivity contribution >= 4 is 22.6 Å². The maximum atomic E-state index is 9.95. The number of aliphatic hydroxyl groups excluding tert-OH is 2. The Morgan fingerprint density at radius 1 is 1.10 bits per heavy atom. The van der Waals surface area contributed by atoms with Crippen molar-refractivity contribution in [3.63, 3.8) is 0 Å². The van der Waals surface area contributed by atoms with E-state index in [1.165, 1.54) is 5.56 Å². The Kier molecular flexibility index (Phi) is 4.63. The van der Waals surface area contributed by atoms with Gasteiger partial charge in [0.05, 0.1) is 47.7 Å². The molecule has 0 amide bonds. The highest BCUT2D eigenvalue weighted by Crippen LogP contribution is 2.48. The molecule has 6 rings (SSSR count). The molecule has 1 aromatic carbocycles. The quantitative estimate of drug-likeness (QED) is 0.567. The molecule has 3 fully saturated rings. The summed E-state index contributed by atoms with van der Waals surface area (Å²) in [5.74, 6) is 0.207. The third-order valence-corrected chi connectivity index (χ3v) is 7.44. The summed E-state index contributed by atoms with van der Waals surface area (Å²) in [6.07, 6.45) is 2.06. The fourth-order valence-corrected chi connectivity index (χ4v) is 5.35. The minimum absolute atomic E-state index is 0.0444. The van der Waals surface area contributed by atoms with Crippen LogP contribution in [0.2, 0.25) is 5.02 Å². The van der Waals surface area contributed by atoms with Crippen LogP contribution in [0, 0.1) is 5.92 Å². The Balaban J connectivity index is 1.26. The van der Waals surface area contributed by atoms with Gasteiger partial charge in [0.1, 0.15) is 12.2 Å². The first-order valence-corrected chi connectivity index (χ1v) is 11.3. The average Bonchev–Trinajstić information content (AvgIpc) is 3.12. The molecule has 3 N–H and O–H groups in total. The van der Waals surface area contributed by atoms with Crippen molar-refractivity contribution in [3.05, 3.63) is 52.7 Å². The number of aromatic amines is 1. The molecule has 2 saturated heterocycles. The Bertz CT molecular complexity index is 1120. The van der Waals surface area contributed by atoms with Crippen molar-refractivity contribution in [3.8, 4) is 11.3 Å². The fraction of sp³-hybridized carbons (Fsp3) is 0.458. The lowest BCUT2D eigenvalue weighted by atomic mass is 9.95. The second kappa shape index (κ2) is 7.29. The van der Waals surface area contributed by atoms with Crippen LogP contribution in [-0.2, 0) is 21.3 Å². The lowest BCUT2D eigenvalue weighted by molar-refractivity contribution is 0.0169. The van der Waals surface area contributed by atoms with Gasteiger partial charge in [0.2, 0.25) is 0 Å². The van der Waals surface area contributed by atoms with Crippen molar-refractivity contribution in [1.29, 1.82) is 0 Å². The molecule has 162 valence electrons. The van der Waals surface area contributed by atoms with E-state index in [1.807, 2.05) is 18.2 Å². The molecule has 2 unspecified atom stereocenters. The molecule has 31 heavy (non-hydrogen) atoms. The summed E-state index contributed by atoms with van der Waals surface area (Å²) in [4.78, 5) is 8.26. The first-order chi connectivity index (χ1) is 15.1. The molecule has 7 heteroatoms. The highest BCUT2D eigenvalue weighted by atomic mass is 35.5. The molecule has 3 aliphatic rings. The number of rotatable bonds is 5. The number of hydrogen-bond donors (Lipinski definition) is 3. The molecule has 0 spiro atoms. The fourth-order valence-electron chi connectivity index (χ4n) is 5.09. The number of ether oxygens (including phenoxy) is 2. The third kappa shape index (κ3) is 3.29. The van der Waals surface area contributed by atoms with E-state index in [4.69, 9.17) is 26.1 Å². The van der Waals surface area contributed by atoms with Gasteiger partial charge in [-0.25, -0.2) is 4.98 Å². The van der Waals surface area contributed by atoms with Crippen molar-refractivity contribution in [2.75, 3.05) is 19.8 Å². The van der Waals surface area contributed by atoms with E-state index in [2.05, 4.69) is 23.2 Å². The standard InChI is InChI=1S/C24H25ClN2O4/c25-17-9-19-18(8-16(26-19)7-14-10-30-23-20(29)11-31-22(14)23)27-21(17)13-1-3-15(4-2-13)24(12-28)5-6-24/h1-4,8-9,14,20,22-23,26,28-29H,5-7,10-12H2/t14?,20?,22-,23-/m1/s1. The number of nitrogens with zero attached hydrogens (tertiary/aromatic N) is 1. The van der Waals surface area contributed by atoms with Crippen LogP contribution >= 0.6 is 11.6 Å². The number of aromatic nitrogens is 2. The smallest absolute Gasteiger partial charge is 0.112 e. The second-order valence-electron chi connectivity index (χ2n) is 9.19. The summed E-state index contributed by atoms with van der Waals surface area (Å²) < 4.78 is 11.5. The zero-order chi connectivity index (χ0) is 21.2. The van der Waals surface area contributed by atoms with Gasteiger partial charge >= 0.3 is 0 Å². The molecule has 1 saturated carbocycles. The van der Waals surface area contributed by atoms with Crippen molar-refractivity contribution in [2.45, 2.75) is 43.0 Å². The van der Waals surface area contributed by atoms with Crippen LogP contribution in [0.25, 0.3) is 22.3 Å². The van der Waals surface area contributed by atoms with Crippen LogP contribution in [0.3, 0.4) is 0 Å². The molecule has 1 aliphatic carbocycles. The first kappa shape index (κ1) is 19.7. The van der Waals surface area contributed by atoms with Gasteiger partial charge in [-0.05, 0) is 37.0 Å². The molecule has 4 heterocycles. The maximum absolute atomic E-state index is 9.95. The van der Waals surface area contributed by atoms with Crippen LogP contribution in [0.4, 0.5) is 0 Å². The van der Waals surface area contributed by atoms with E-state index < -0.39 is 6.10 Å². The Morgan fingerprint density at radius 2 is 1.87 bits per heavy atom. The Morgan fingerprint density at radius 3 is 2.61 bits per heavy atom. The summed E-state index contributed by atoms with van der Waals surface area (Å²) in [5.41, 5.74) is 5.69. The van der Waals surface area contributed by atoms with Crippen LogP contribution in [-0.4, -0.2) is 58.3 Å². The summed E-state index contributed by atoms with van der Waals surface area (Å²) >= 11 is 6.59. The van der Waals surface area contributed by atoms with Crippen LogP contribution in [0.1, 0.15) is 24.1 Å². The normalized spacial score (nSPS) is 28.9. The molecular formula is C24H25ClN2O4. The predicted octanol–water partition coefficient (Wildman–Crippen LogP) is 3.22. The minimum Gasteiger partial charge on any atom is -0.395 e. The number of fused-ring (bicyclic) bond motifs is 2. The van der Waals surface area contributed by atoms with Gasteiger partial charge in [-0.2, -0.15) is 0 Å². The van der Waals surface area contributed by atoms with Gasteiger partial charge < -0.3 is 24.7 Å². The minimum atomic E-state index is -0.528. The molecule has 4 atom stereocenters. The third-order valence-electron chi connectivity index (χ3n) is 7.15. The molecule has 3 aromatic rings. The van der Waals surface area contributed by atoms with Gasteiger partial charge in [0, 0.05) is 22.6 Å². The monoisotopic (exact) mass is 440 g/mol.